The van der Waals surface area contributed by atoms with Gasteiger partial charge < -0.3 is 5.32 Å². The normalized spacial score (nSPS) is 11.5. The Morgan fingerprint density at radius 2 is 1.95 bits per heavy atom. The lowest BCUT2D eigenvalue weighted by Crippen LogP contribution is -2.03. The van der Waals surface area contributed by atoms with Crippen LogP contribution in [-0.4, -0.2) is 27.9 Å². The third kappa shape index (κ3) is 3.10. The Labute approximate surface area is 129 Å². The summed E-state index contributed by atoms with van der Waals surface area (Å²) in [6, 6.07) is 12.2. The highest BCUT2D eigenvalue weighted by Crippen LogP contribution is 2.25. The molecule has 0 aliphatic carbocycles. The smallest absolute Gasteiger partial charge is 0.313 e. The summed E-state index contributed by atoms with van der Waals surface area (Å²) in [4.78, 5) is 13.2. The molecule has 0 amide bonds. The number of aromatic nitrogens is 3. The molecule has 1 aromatic carbocycles. The van der Waals surface area contributed by atoms with E-state index < -0.39 is 7.80 Å². The van der Waals surface area contributed by atoms with Crippen molar-refractivity contribution in [3.63, 3.8) is 0 Å². The SMILES string of the molecule is Cc1nc2nc(NC[P+](C)=O)ncc2cc1-c1ccccc1. The molecular weight excluding hydrogens is 295 g/mol. The molecule has 2 heterocycles. The summed E-state index contributed by atoms with van der Waals surface area (Å²) >= 11 is 0. The van der Waals surface area contributed by atoms with E-state index in [1.165, 1.54) is 0 Å². The Morgan fingerprint density at radius 1 is 1.18 bits per heavy atom. The molecule has 1 unspecified atom stereocenters. The Morgan fingerprint density at radius 3 is 2.68 bits per heavy atom. The van der Waals surface area contributed by atoms with Crippen LogP contribution in [0.4, 0.5) is 5.95 Å². The van der Waals surface area contributed by atoms with Crippen molar-refractivity contribution in [3.05, 3.63) is 48.3 Å². The number of pyridine rings is 1. The summed E-state index contributed by atoms with van der Waals surface area (Å²) < 4.78 is 11.2. The van der Waals surface area contributed by atoms with Crippen LogP contribution in [0.2, 0.25) is 0 Å². The molecule has 5 nitrogen and oxygen atoms in total. The molecule has 0 spiro atoms. The average molecular weight is 311 g/mol. The van der Waals surface area contributed by atoms with Gasteiger partial charge in [-0.15, -0.1) is 0 Å². The van der Waals surface area contributed by atoms with Gasteiger partial charge in [-0.1, -0.05) is 34.9 Å². The van der Waals surface area contributed by atoms with Crippen molar-refractivity contribution in [2.24, 2.45) is 0 Å². The van der Waals surface area contributed by atoms with E-state index in [9.17, 15) is 4.57 Å². The second-order valence-electron chi connectivity index (χ2n) is 5.06. The molecule has 6 heteroatoms. The largest absolute Gasteiger partial charge is 0.356 e. The van der Waals surface area contributed by atoms with Gasteiger partial charge in [0, 0.05) is 22.8 Å². The zero-order chi connectivity index (χ0) is 15.5. The van der Waals surface area contributed by atoms with E-state index in [-0.39, 0.29) is 0 Å². The quantitative estimate of drug-likeness (QED) is 0.742. The molecule has 1 N–H and O–H groups in total. The Balaban J connectivity index is 2.01. The van der Waals surface area contributed by atoms with Crippen molar-refractivity contribution in [2.45, 2.75) is 6.92 Å². The Bertz CT molecular complexity index is 836. The van der Waals surface area contributed by atoms with Crippen LogP contribution in [0, 0.1) is 6.92 Å². The molecule has 0 fully saturated rings. The topological polar surface area (TPSA) is 67.8 Å². The minimum absolute atomic E-state index is 0.363. The standard InChI is InChI=1S/C16H16N4OP/c1-11-14(12-6-4-3-5-7-12)8-13-9-17-16(18-10-22(2)21)20-15(13)19-11/h3-9H,10H2,1-2H3,(H,17,18,19,20)/q+1. The molecule has 0 saturated carbocycles. The van der Waals surface area contributed by atoms with Crippen molar-refractivity contribution in [2.75, 3.05) is 18.3 Å². The van der Waals surface area contributed by atoms with Crippen LogP contribution in [0.15, 0.2) is 42.6 Å². The zero-order valence-corrected chi connectivity index (χ0v) is 13.3. The maximum absolute atomic E-state index is 11.2. The van der Waals surface area contributed by atoms with Crippen molar-refractivity contribution in [3.8, 4) is 11.1 Å². The van der Waals surface area contributed by atoms with Crippen LogP contribution >= 0.6 is 7.80 Å². The first-order chi connectivity index (χ1) is 10.6. The number of hydrogen-bond acceptors (Lipinski definition) is 5. The van der Waals surface area contributed by atoms with E-state index in [1.54, 1.807) is 12.9 Å². The van der Waals surface area contributed by atoms with Crippen molar-refractivity contribution in [1.29, 1.82) is 0 Å². The average Bonchev–Trinajstić information content (AvgIpc) is 2.53. The van der Waals surface area contributed by atoms with Crippen molar-refractivity contribution in [1.82, 2.24) is 15.0 Å². The summed E-state index contributed by atoms with van der Waals surface area (Å²) in [6.07, 6.45) is 2.11. The number of fused-ring (bicyclic) bond motifs is 1. The molecule has 110 valence electrons. The first-order valence-electron chi connectivity index (χ1n) is 6.95. The fourth-order valence-corrected chi connectivity index (χ4v) is 2.59. The monoisotopic (exact) mass is 311 g/mol. The second-order valence-corrected chi connectivity index (χ2v) is 6.63. The van der Waals surface area contributed by atoms with Crippen LogP contribution < -0.4 is 5.32 Å². The molecule has 0 aliphatic rings. The van der Waals surface area contributed by atoms with Crippen molar-refractivity contribution < 1.29 is 4.57 Å². The van der Waals surface area contributed by atoms with E-state index in [4.69, 9.17) is 0 Å². The Hall–Kier alpha value is -2.39. The molecule has 3 rings (SSSR count). The molecule has 1 atom stereocenters. The highest BCUT2D eigenvalue weighted by molar-refractivity contribution is 7.43. The summed E-state index contributed by atoms with van der Waals surface area (Å²) in [5.41, 5.74) is 3.76. The second kappa shape index (κ2) is 6.16. The first kappa shape index (κ1) is 14.5. The Kier molecular flexibility index (Phi) is 4.07. The maximum Gasteiger partial charge on any atom is 0.356 e. The minimum atomic E-state index is -1.27. The number of hydrogen-bond donors (Lipinski definition) is 1. The summed E-state index contributed by atoms with van der Waals surface area (Å²) in [6.45, 7) is 3.64. The third-order valence-electron chi connectivity index (χ3n) is 3.30. The van der Waals surface area contributed by atoms with Gasteiger partial charge in [-0.05, 0) is 18.6 Å². The molecule has 22 heavy (non-hydrogen) atoms. The van der Waals surface area contributed by atoms with Gasteiger partial charge in [-0.2, -0.15) is 4.98 Å². The number of anilines is 1. The lowest BCUT2D eigenvalue weighted by atomic mass is 10.0. The van der Waals surface area contributed by atoms with Gasteiger partial charge >= 0.3 is 7.80 Å². The van der Waals surface area contributed by atoms with Gasteiger partial charge in [0.2, 0.25) is 12.2 Å². The molecule has 0 bridgehead atoms. The lowest BCUT2D eigenvalue weighted by Gasteiger charge is -2.08. The zero-order valence-electron chi connectivity index (χ0n) is 12.4. The van der Waals surface area contributed by atoms with Gasteiger partial charge in [0.15, 0.2) is 5.65 Å². The van der Waals surface area contributed by atoms with Crippen LogP contribution in [0.5, 0.6) is 0 Å². The predicted molar refractivity (Wildman–Crippen MR) is 89.5 cm³/mol. The van der Waals surface area contributed by atoms with Gasteiger partial charge in [0.05, 0.1) is 0 Å². The molecule has 0 radical (unpaired) electrons. The molecule has 0 saturated heterocycles. The van der Waals surface area contributed by atoms with E-state index in [1.807, 2.05) is 25.1 Å². The number of aryl methyl sites for hydroxylation is 1. The fourth-order valence-electron chi connectivity index (χ4n) is 2.23. The molecule has 2 aromatic heterocycles. The summed E-state index contributed by atoms with van der Waals surface area (Å²) in [5.74, 6) is 0.456. The van der Waals surface area contributed by atoms with Gasteiger partial charge in [0.25, 0.3) is 0 Å². The van der Waals surface area contributed by atoms with Crippen LogP contribution in [0.25, 0.3) is 22.2 Å². The molecule has 0 aliphatic heterocycles. The molecular formula is C16H16N4OP+. The van der Waals surface area contributed by atoms with Gasteiger partial charge in [-0.3, -0.25) is 0 Å². The molecule has 3 aromatic rings. The van der Waals surface area contributed by atoms with Crippen LogP contribution in [0.1, 0.15) is 5.69 Å². The van der Waals surface area contributed by atoms with Crippen molar-refractivity contribution >= 4 is 24.8 Å². The van der Waals surface area contributed by atoms with Crippen LogP contribution in [0.3, 0.4) is 0 Å². The lowest BCUT2D eigenvalue weighted by molar-refractivity contribution is 0.592. The number of nitrogens with one attached hydrogen (secondary N) is 1. The van der Waals surface area contributed by atoms with Gasteiger partial charge in [0.1, 0.15) is 6.66 Å². The highest BCUT2D eigenvalue weighted by atomic mass is 31.1. The first-order valence-corrected chi connectivity index (χ1v) is 8.84. The van der Waals surface area contributed by atoms with Gasteiger partial charge in [-0.25, -0.2) is 9.97 Å². The number of rotatable bonds is 4. The minimum Gasteiger partial charge on any atom is -0.313 e. The fraction of sp³-hybridized carbons (Fsp3) is 0.188. The highest BCUT2D eigenvalue weighted by Gasteiger charge is 2.10. The third-order valence-corrected chi connectivity index (χ3v) is 3.91. The van der Waals surface area contributed by atoms with E-state index >= 15 is 0 Å². The summed E-state index contributed by atoms with van der Waals surface area (Å²) in [7, 11) is -1.27. The number of nitrogens with zero attached hydrogens (tertiary/aromatic N) is 3. The van der Waals surface area contributed by atoms with Crippen LogP contribution in [-0.2, 0) is 4.57 Å². The van der Waals surface area contributed by atoms with E-state index in [2.05, 4.69) is 38.5 Å². The maximum atomic E-state index is 11.2. The van der Waals surface area contributed by atoms with E-state index in [0.29, 0.717) is 17.9 Å². The summed E-state index contributed by atoms with van der Waals surface area (Å²) in [5, 5.41) is 3.84. The van der Waals surface area contributed by atoms with E-state index in [0.717, 1.165) is 22.2 Å². The number of benzene rings is 1. The predicted octanol–water partition coefficient (Wildman–Crippen LogP) is 3.83.